The molecule has 2 N–H and O–H groups in total. The van der Waals surface area contributed by atoms with Crippen molar-refractivity contribution in [1.82, 2.24) is 0 Å². The van der Waals surface area contributed by atoms with Crippen LogP contribution < -0.4 is 10.6 Å². The van der Waals surface area contributed by atoms with Crippen LogP contribution in [0.5, 0.6) is 0 Å². The summed E-state index contributed by atoms with van der Waals surface area (Å²) in [6.07, 6.45) is 0.316. The number of rotatable bonds is 3. The fourth-order valence-corrected chi connectivity index (χ4v) is 1.32. The summed E-state index contributed by atoms with van der Waals surface area (Å²) in [5.41, 5.74) is 6.91. The first-order chi connectivity index (χ1) is 7.54. The summed E-state index contributed by atoms with van der Waals surface area (Å²) in [7, 11) is 1.70. The first-order valence-corrected chi connectivity index (χ1v) is 5.07. The predicted molar refractivity (Wildman–Crippen MR) is 62.8 cm³/mol. The smallest absolute Gasteiger partial charge is 0.228 e. The molecule has 1 atom stereocenters. The normalized spacial score (nSPS) is 11.6. The quantitative estimate of drug-likeness (QED) is 0.828. The van der Waals surface area contributed by atoms with Crippen molar-refractivity contribution >= 4 is 11.6 Å². The number of carbonyl (C=O) groups is 1. The van der Waals surface area contributed by atoms with Gasteiger partial charge in [-0.1, -0.05) is 0 Å². The number of hydrogen-bond acceptors (Lipinski definition) is 3. The van der Waals surface area contributed by atoms with Crippen molar-refractivity contribution in [2.45, 2.75) is 19.4 Å². The number of benzene rings is 1. The third-order valence-electron chi connectivity index (χ3n) is 2.25. The number of amides is 1. The average Bonchev–Trinajstić information content (AvgIpc) is 2.27. The van der Waals surface area contributed by atoms with Crippen molar-refractivity contribution in [2.75, 3.05) is 11.9 Å². The van der Waals surface area contributed by atoms with E-state index < -0.39 is 0 Å². The van der Waals surface area contributed by atoms with Crippen LogP contribution in [0.4, 0.5) is 5.69 Å². The summed E-state index contributed by atoms with van der Waals surface area (Å²) in [6, 6.07) is 8.75. The van der Waals surface area contributed by atoms with Crippen LogP contribution >= 0.6 is 0 Å². The summed E-state index contributed by atoms with van der Waals surface area (Å²) in [5.74, 6) is -0.0280. The fourth-order valence-electron chi connectivity index (χ4n) is 1.32. The summed E-state index contributed by atoms with van der Waals surface area (Å²) in [6.45, 7) is 1.80. The molecule has 0 aromatic heterocycles. The predicted octanol–water partition coefficient (Wildman–Crippen LogP) is 1.26. The summed E-state index contributed by atoms with van der Waals surface area (Å²) in [4.78, 5) is 13.2. The Morgan fingerprint density at radius 1 is 1.50 bits per heavy atom. The van der Waals surface area contributed by atoms with E-state index in [2.05, 4.69) is 0 Å². The van der Waals surface area contributed by atoms with Gasteiger partial charge in [-0.25, -0.2) is 0 Å². The summed E-state index contributed by atoms with van der Waals surface area (Å²) < 4.78 is 0. The molecule has 1 aromatic rings. The Morgan fingerprint density at radius 3 is 2.50 bits per heavy atom. The minimum atomic E-state index is -0.145. The molecule has 0 heterocycles. The number of hydrogen-bond donors (Lipinski definition) is 1. The first kappa shape index (κ1) is 12.2. The maximum absolute atomic E-state index is 11.7. The van der Waals surface area contributed by atoms with E-state index in [-0.39, 0.29) is 11.9 Å². The first-order valence-electron chi connectivity index (χ1n) is 5.07. The van der Waals surface area contributed by atoms with E-state index in [4.69, 9.17) is 11.0 Å². The Bertz CT molecular complexity index is 403. The van der Waals surface area contributed by atoms with Crippen LogP contribution in [0.15, 0.2) is 24.3 Å². The van der Waals surface area contributed by atoms with Gasteiger partial charge in [0, 0.05) is 25.2 Å². The minimum Gasteiger partial charge on any atom is -0.327 e. The molecule has 0 radical (unpaired) electrons. The zero-order valence-electron chi connectivity index (χ0n) is 9.47. The van der Waals surface area contributed by atoms with Gasteiger partial charge in [0.25, 0.3) is 0 Å². The number of anilines is 1. The Kier molecular flexibility index (Phi) is 4.03. The molecule has 4 heteroatoms. The number of nitriles is 1. The van der Waals surface area contributed by atoms with Crippen molar-refractivity contribution in [1.29, 1.82) is 5.26 Å². The average molecular weight is 217 g/mol. The molecule has 0 aliphatic rings. The van der Waals surface area contributed by atoms with Crippen LogP contribution in [-0.2, 0) is 4.79 Å². The molecular weight excluding hydrogens is 202 g/mol. The molecule has 0 aliphatic heterocycles. The lowest BCUT2D eigenvalue weighted by Crippen LogP contribution is -2.31. The molecule has 0 saturated heterocycles. The van der Waals surface area contributed by atoms with Crippen LogP contribution in [-0.4, -0.2) is 19.0 Å². The van der Waals surface area contributed by atoms with Crippen molar-refractivity contribution in [3.05, 3.63) is 29.8 Å². The zero-order chi connectivity index (χ0) is 12.1. The second-order valence-electron chi connectivity index (χ2n) is 3.79. The standard InChI is InChI=1S/C12H15N3O/c1-9(14)7-12(16)15(2)11-5-3-10(8-13)4-6-11/h3-6,9H,7,14H2,1-2H3. The Hall–Kier alpha value is -1.86. The van der Waals surface area contributed by atoms with E-state index in [1.807, 2.05) is 6.07 Å². The number of carbonyl (C=O) groups excluding carboxylic acids is 1. The van der Waals surface area contributed by atoms with Gasteiger partial charge in [-0.3, -0.25) is 4.79 Å². The topological polar surface area (TPSA) is 70.1 Å². The van der Waals surface area contributed by atoms with Crippen LogP contribution in [0.1, 0.15) is 18.9 Å². The van der Waals surface area contributed by atoms with E-state index in [1.165, 1.54) is 0 Å². The largest absolute Gasteiger partial charge is 0.327 e. The molecule has 1 amide bonds. The van der Waals surface area contributed by atoms with Gasteiger partial charge in [-0.15, -0.1) is 0 Å². The van der Waals surface area contributed by atoms with Gasteiger partial charge in [-0.05, 0) is 31.2 Å². The van der Waals surface area contributed by atoms with Crippen LogP contribution in [0, 0.1) is 11.3 Å². The zero-order valence-corrected chi connectivity index (χ0v) is 9.47. The van der Waals surface area contributed by atoms with Gasteiger partial charge >= 0.3 is 0 Å². The second-order valence-corrected chi connectivity index (χ2v) is 3.79. The Morgan fingerprint density at radius 2 is 2.06 bits per heavy atom. The molecule has 4 nitrogen and oxygen atoms in total. The second kappa shape index (κ2) is 5.29. The molecule has 0 saturated carbocycles. The van der Waals surface area contributed by atoms with Crippen LogP contribution in [0.2, 0.25) is 0 Å². The van der Waals surface area contributed by atoms with Gasteiger partial charge in [0.2, 0.25) is 5.91 Å². The van der Waals surface area contributed by atoms with Gasteiger partial charge in [0.05, 0.1) is 11.6 Å². The van der Waals surface area contributed by atoms with E-state index in [0.29, 0.717) is 12.0 Å². The van der Waals surface area contributed by atoms with Crippen LogP contribution in [0.3, 0.4) is 0 Å². The lowest BCUT2D eigenvalue weighted by Gasteiger charge is -2.18. The third kappa shape index (κ3) is 3.07. The molecule has 0 bridgehead atoms. The summed E-state index contributed by atoms with van der Waals surface area (Å²) >= 11 is 0. The van der Waals surface area contributed by atoms with E-state index >= 15 is 0 Å². The highest BCUT2D eigenvalue weighted by Gasteiger charge is 2.12. The highest BCUT2D eigenvalue weighted by atomic mass is 16.2. The van der Waals surface area contributed by atoms with Gasteiger partial charge < -0.3 is 10.6 Å². The molecule has 0 fully saturated rings. The van der Waals surface area contributed by atoms with Gasteiger partial charge in [0.15, 0.2) is 0 Å². The third-order valence-corrected chi connectivity index (χ3v) is 2.25. The molecular formula is C12H15N3O. The molecule has 0 spiro atoms. The molecule has 0 aliphatic carbocycles. The molecule has 1 rings (SSSR count). The van der Waals surface area contributed by atoms with Crippen molar-refractivity contribution in [3.8, 4) is 6.07 Å². The maximum atomic E-state index is 11.7. The van der Waals surface area contributed by atoms with E-state index in [9.17, 15) is 4.79 Å². The van der Waals surface area contributed by atoms with E-state index in [1.54, 1.807) is 43.1 Å². The van der Waals surface area contributed by atoms with Crippen molar-refractivity contribution in [2.24, 2.45) is 5.73 Å². The summed E-state index contributed by atoms with van der Waals surface area (Å²) in [5, 5.41) is 8.65. The van der Waals surface area contributed by atoms with Gasteiger partial charge in [-0.2, -0.15) is 5.26 Å². The SMILES string of the molecule is CC(N)CC(=O)N(C)c1ccc(C#N)cc1. The Labute approximate surface area is 95.3 Å². The lowest BCUT2D eigenvalue weighted by atomic mass is 10.2. The fraction of sp³-hybridized carbons (Fsp3) is 0.333. The molecule has 1 aromatic carbocycles. The van der Waals surface area contributed by atoms with Crippen molar-refractivity contribution < 1.29 is 4.79 Å². The monoisotopic (exact) mass is 217 g/mol. The van der Waals surface area contributed by atoms with Crippen molar-refractivity contribution in [3.63, 3.8) is 0 Å². The molecule has 16 heavy (non-hydrogen) atoms. The Balaban J connectivity index is 2.76. The van der Waals surface area contributed by atoms with Gasteiger partial charge in [0.1, 0.15) is 0 Å². The van der Waals surface area contributed by atoms with E-state index in [0.717, 1.165) is 5.69 Å². The highest BCUT2D eigenvalue weighted by molar-refractivity contribution is 5.93. The van der Waals surface area contributed by atoms with Crippen LogP contribution in [0.25, 0.3) is 0 Å². The number of nitrogens with two attached hydrogens (primary N) is 1. The lowest BCUT2D eigenvalue weighted by molar-refractivity contribution is -0.118. The molecule has 84 valence electrons. The molecule has 1 unspecified atom stereocenters. The number of nitrogens with zero attached hydrogens (tertiary/aromatic N) is 2. The minimum absolute atomic E-state index is 0.0280. The highest BCUT2D eigenvalue weighted by Crippen LogP contribution is 2.14. The maximum Gasteiger partial charge on any atom is 0.228 e.